The van der Waals surface area contributed by atoms with Gasteiger partial charge < -0.3 is 10.2 Å². The lowest BCUT2D eigenvalue weighted by Crippen LogP contribution is -2.67. The SMILES string of the molecule is CC1(C)[C@H]2CC[C@@H](CN(C[C@]3(O)CC[C@H]4[C@]56C=C[C@@]7(C=C5C(=O)c5ccc(F)c(F)c5)CC(O)CC[C@]7(C)[C@H]6CC[C@@]43C)S(C)(=O)=O)[C@@H]1C2. The lowest BCUT2D eigenvalue weighted by Gasteiger charge is -2.71. The van der Waals surface area contributed by atoms with Crippen molar-refractivity contribution in [1.82, 2.24) is 4.31 Å². The summed E-state index contributed by atoms with van der Waals surface area (Å²) in [6.07, 6.45) is 14.9. The van der Waals surface area contributed by atoms with Crippen LogP contribution in [0.3, 0.4) is 0 Å². The fraction of sp³-hybridized carbons (Fsp3) is 0.725. The van der Waals surface area contributed by atoms with Gasteiger partial charge in [0.15, 0.2) is 17.4 Å². The fourth-order valence-corrected chi connectivity index (χ4v) is 14.4. The van der Waals surface area contributed by atoms with Gasteiger partial charge in [-0.05, 0) is 123 Å². The Kier molecular flexibility index (Phi) is 7.37. The van der Waals surface area contributed by atoms with Crippen LogP contribution in [0.25, 0.3) is 0 Å². The molecule has 9 heteroatoms. The summed E-state index contributed by atoms with van der Waals surface area (Å²) in [5.74, 6) is -1.12. The third kappa shape index (κ3) is 4.43. The number of sulfonamides is 1. The summed E-state index contributed by atoms with van der Waals surface area (Å²) in [5.41, 5.74) is -2.73. The second-order valence-electron chi connectivity index (χ2n) is 18.5. The van der Waals surface area contributed by atoms with Crippen LogP contribution in [-0.4, -0.2) is 59.8 Å². The number of hydrogen-bond acceptors (Lipinski definition) is 5. The maximum atomic E-state index is 14.6. The van der Waals surface area contributed by atoms with Crippen molar-refractivity contribution in [3.05, 3.63) is 59.2 Å². The molecule has 0 amide bonds. The number of aliphatic hydroxyl groups is 2. The summed E-state index contributed by atoms with van der Waals surface area (Å²) in [6, 6.07) is 3.33. The highest BCUT2D eigenvalue weighted by molar-refractivity contribution is 7.88. The van der Waals surface area contributed by atoms with E-state index in [2.05, 4.69) is 45.9 Å². The van der Waals surface area contributed by atoms with Crippen LogP contribution < -0.4 is 0 Å². The second kappa shape index (κ2) is 10.6. The van der Waals surface area contributed by atoms with Gasteiger partial charge in [-0.3, -0.25) is 4.79 Å². The molecule has 0 saturated heterocycles. The molecule has 2 N–H and O–H groups in total. The number of Topliss-reactive ketones (excluding diaryl/α,β-unsaturated/α-hetero) is 1. The van der Waals surface area contributed by atoms with Crippen LogP contribution in [0, 0.1) is 68.3 Å². The van der Waals surface area contributed by atoms with E-state index in [9.17, 15) is 32.2 Å². The van der Waals surface area contributed by atoms with Gasteiger partial charge in [0, 0.05) is 40.5 Å². The molecule has 0 radical (unpaired) electrons. The van der Waals surface area contributed by atoms with Crippen LogP contribution in [0.1, 0.15) is 102 Å². The molecule has 1 unspecified atom stereocenters. The van der Waals surface area contributed by atoms with Gasteiger partial charge in [-0.15, -0.1) is 0 Å². The zero-order valence-corrected chi connectivity index (χ0v) is 30.5. The number of aliphatic hydroxyl groups excluding tert-OH is 1. The molecule has 0 aromatic heterocycles. The number of hydrogen-bond donors (Lipinski definition) is 2. The van der Waals surface area contributed by atoms with Gasteiger partial charge >= 0.3 is 0 Å². The quantitative estimate of drug-likeness (QED) is 0.235. The predicted octanol–water partition coefficient (Wildman–Crippen LogP) is 7.07. The molecular formula is C40H53F2NO5S. The zero-order chi connectivity index (χ0) is 35.2. The largest absolute Gasteiger partial charge is 0.393 e. The van der Waals surface area contributed by atoms with Crippen molar-refractivity contribution in [1.29, 1.82) is 0 Å². The van der Waals surface area contributed by atoms with Crippen molar-refractivity contribution in [2.45, 2.75) is 104 Å². The van der Waals surface area contributed by atoms with E-state index in [1.807, 2.05) is 0 Å². The van der Waals surface area contributed by atoms with E-state index in [4.69, 9.17) is 0 Å². The molecule has 4 bridgehead atoms. The molecule has 1 aromatic carbocycles. The average molecular weight is 698 g/mol. The molecule has 49 heavy (non-hydrogen) atoms. The standard InChI is InChI=1S/C40H53F2NO5S/c1-35(2)26-8-6-25(28(35)19-26)22-43(49(5,47)48)23-39(46)15-12-33-37(39,4)14-11-32-36(3)13-10-27(44)20-38(36)16-17-40(32,33)29(21-38)34(45)24-7-9-30(41)31(42)18-24/h7,9,16-18,21,25-28,32-33,44,46H,6,8,10-15,19-20,22-23H2,1-5H3/t25-,26-,27?,28-,32+,33+,36+,37-,38-,39+,40+/m0/s1. The van der Waals surface area contributed by atoms with Crippen molar-refractivity contribution in [2.24, 2.45) is 56.7 Å². The van der Waals surface area contributed by atoms with Gasteiger partial charge in [0.2, 0.25) is 10.0 Å². The van der Waals surface area contributed by atoms with Crippen molar-refractivity contribution < 1.29 is 32.2 Å². The fourth-order valence-electron chi connectivity index (χ4n) is 13.4. The van der Waals surface area contributed by atoms with Gasteiger partial charge in [0.1, 0.15) is 0 Å². The van der Waals surface area contributed by atoms with E-state index in [1.165, 1.54) is 12.3 Å². The van der Waals surface area contributed by atoms with Crippen LogP contribution >= 0.6 is 0 Å². The molecule has 6 nitrogen and oxygen atoms in total. The minimum Gasteiger partial charge on any atom is -0.393 e. The summed E-state index contributed by atoms with van der Waals surface area (Å²) < 4.78 is 57.1. The van der Waals surface area contributed by atoms with Crippen LogP contribution in [0.4, 0.5) is 8.78 Å². The minimum atomic E-state index is -3.63. The summed E-state index contributed by atoms with van der Waals surface area (Å²) in [5, 5.41) is 23.8. The molecule has 0 aliphatic heterocycles. The number of halogens is 2. The highest BCUT2D eigenvalue weighted by Crippen LogP contribution is 2.78. The summed E-state index contributed by atoms with van der Waals surface area (Å²) >= 11 is 0. The van der Waals surface area contributed by atoms with Crippen LogP contribution in [0.2, 0.25) is 0 Å². The second-order valence-corrected chi connectivity index (χ2v) is 20.5. The highest BCUT2D eigenvalue weighted by Gasteiger charge is 2.74. The molecule has 6 saturated carbocycles. The Balaban J connectivity index is 1.19. The molecule has 2 spiro atoms. The number of benzene rings is 1. The van der Waals surface area contributed by atoms with E-state index in [-0.39, 0.29) is 46.5 Å². The van der Waals surface area contributed by atoms with Crippen molar-refractivity contribution in [3.63, 3.8) is 0 Å². The Morgan fingerprint density at radius 1 is 0.939 bits per heavy atom. The number of allylic oxidation sites excluding steroid dienone is 4. The third-order valence-electron chi connectivity index (χ3n) is 16.5. The number of nitrogens with zero attached hydrogens (tertiary/aromatic N) is 1. The van der Waals surface area contributed by atoms with Crippen molar-refractivity contribution in [3.8, 4) is 0 Å². The van der Waals surface area contributed by atoms with Gasteiger partial charge in [-0.25, -0.2) is 17.2 Å². The molecule has 268 valence electrons. The summed E-state index contributed by atoms with van der Waals surface area (Å²) in [4.78, 5) is 14.6. The normalized spacial score (nSPS) is 46.0. The number of rotatable bonds is 7. The number of carbonyl (C=O) groups is 1. The van der Waals surface area contributed by atoms with Gasteiger partial charge in [-0.1, -0.05) is 45.9 Å². The highest BCUT2D eigenvalue weighted by atomic mass is 32.2. The van der Waals surface area contributed by atoms with E-state index in [0.29, 0.717) is 56.1 Å². The lowest BCUT2D eigenvalue weighted by atomic mass is 9.32. The molecule has 9 aliphatic carbocycles. The first-order valence-electron chi connectivity index (χ1n) is 18.6. The molecule has 1 aromatic rings. The Labute approximate surface area is 290 Å². The molecule has 11 atom stereocenters. The Morgan fingerprint density at radius 3 is 2.31 bits per heavy atom. The molecule has 6 fully saturated rings. The lowest BCUT2D eigenvalue weighted by molar-refractivity contribution is -0.174. The molecule has 0 heterocycles. The third-order valence-corrected chi connectivity index (χ3v) is 17.7. The van der Waals surface area contributed by atoms with E-state index in [0.717, 1.165) is 44.2 Å². The maximum Gasteiger partial charge on any atom is 0.211 e. The van der Waals surface area contributed by atoms with Crippen molar-refractivity contribution >= 4 is 15.8 Å². The Hall–Kier alpha value is -1.94. The monoisotopic (exact) mass is 697 g/mol. The van der Waals surface area contributed by atoms with Crippen LogP contribution in [0.5, 0.6) is 0 Å². The van der Waals surface area contributed by atoms with Gasteiger partial charge in [0.05, 0.1) is 18.0 Å². The van der Waals surface area contributed by atoms with Crippen molar-refractivity contribution in [2.75, 3.05) is 19.3 Å². The van der Waals surface area contributed by atoms with E-state index in [1.54, 1.807) is 4.31 Å². The zero-order valence-electron chi connectivity index (χ0n) is 29.6. The smallest absolute Gasteiger partial charge is 0.211 e. The summed E-state index contributed by atoms with van der Waals surface area (Å²) in [7, 11) is -3.63. The van der Waals surface area contributed by atoms with Gasteiger partial charge in [0.25, 0.3) is 0 Å². The Morgan fingerprint density at radius 2 is 1.63 bits per heavy atom. The van der Waals surface area contributed by atoms with Crippen LogP contribution in [-0.2, 0) is 10.0 Å². The molecular weight excluding hydrogens is 645 g/mol. The first-order chi connectivity index (χ1) is 22.8. The number of carbonyl (C=O) groups excluding carboxylic acids is 1. The maximum absolute atomic E-state index is 14.6. The summed E-state index contributed by atoms with van der Waals surface area (Å²) in [6.45, 7) is 9.47. The first-order valence-corrected chi connectivity index (χ1v) is 20.5. The average Bonchev–Trinajstić information content (AvgIpc) is 3.31. The molecule has 9 aliphatic rings. The first kappa shape index (κ1) is 34.2. The van der Waals surface area contributed by atoms with E-state index >= 15 is 0 Å². The number of ketones is 1. The van der Waals surface area contributed by atoms with E-state index < -0.39 is 49.6 Å². The number of fused-ring (bicyclic) bond motifs is 3. The minimum absolute atomic E-state index is 0.0277. The molecule has 10 rings (SSSR count). The Bertz CT molecular complexity index is 1770. The van der Waals surface area contributed by atoms with Crippen LogP contribution in [0.15, 0.2) is 42.0 Å². The topological polar surface area (TPSA) is 94.9 Å². The van der Waals surface area contributed by atoms with Gasteiger partial charge in [-0.2, -0.15) is 4.31 Å². The predicted molar refractivity (Wildman–Crippen MR) is 184 cm³/mol.